The van der Waals surface area contributed by atoms with Gasteiger partial charge in [-0.25, -0.2) is 14.6 Å². The smallest absolute Gasteiger partial charge is 0.351 e. The lowest BCUT2D eigenvalue weighted by atomic mass is 10.3. The predicted octanol–water partition coefficient (Wildman–Crippen LogP) is -1.31. The van der Waals surface area contributed by atoms with Gasteiger partial charge in [-0.2, -0.15) is 9.97 Å². The third-order valence-electron chi connectivity index (χ3n) is 2.48. The molecule has 19 heavy (non-hydrogen) atoms. The van der Waals surface area contributed by atoms with E-state index in [1.807, 2.05) is 0 Å². The fraction of sp³-hybridized carbons (Fsp3) is 0.300. The summed E-state index contributed by atoms with van der Waals surface area (Å²) in [5.74, 6) is 0.343. The molecule has 0 saturated heterocycles. The van der Waals surface area contributed by atoms with Crippen LogP contribution in [0.2, 0.25) is 0 Å². The molecule has 0 atom stereocenters. The fourth-order valence-corrected chi connectivity index (χ4v) is 1.35. The van der Waals surface area contributed by atoms with Gasteiger partial charge in [0.2, 0.25) is 5.95 Å². The first-order chi connectivity index (χ1) is 8.97. The maximum atomic E-state index is 11.6. The molecule has 0 spiro atoms. The molecule has 2 aromatic heterocycles. The molecular weight excluding hydrogens is 250 g/mol. The molecule has 0 saturated carbocycles. The fourth-order valence-electron chi connectivity index (χ4n) is 1.35. The Morgan fingerprint density at radius 2 is 2.05 bits per heavy atom. The molecule has 0 fully saturated rings. The van der Waals surface area contributed by atoms with Crippen LogP contribution in [0.25, 0.3) is 0 Å². The van der Waals surface area contributed by atoms with Gasteiger partial charge in [0.15, 0.2) is 0 Å². The highest BCUT2D eigenvalue weighted by Gasteiger charge is 2.03. The van der Waals surface area contributed by atoms with Crippen molar-refractivity contribution in [3.8, 4) is 0 Å². The number of nitrogen functional groups attached to an aromatic ring is 1. The number of hydrogen-bond donors (Lipinski definition) is 2. The number of anilines is 2. The van der Waals surface area contributed by atoms with E-state index in [9.17, 15) is 9.59 Å². The Bertz CT molecular complexity index is 719. The van der Waals surface area contributed by atoms with Crippen molar-refractivity contribution in [2.45, 2.75) is 13.6 Å². The summed E-state index contributed by atoms with van der Waals surface area (Å²) in [6.07, 6.45) is 2.91. The Labute approximate surface area is 107 Å². The van der Waals surface area contributed by atoms with Gasteiger partial charge in [-0.05, 0) is 6.92 Å². The third-order valence-corrected chi connectivity index (χ3v) is 2.48. The van der Waals surface area contributed by atoms with Crippen LogP contribution in [-0.2, 0) is 13.7 Å². The quantitative estimate of drug-likeness (QED) is 0.705. The second-order valence-corrected chi connectivity index (χ2v) is 3.97. The zero-order valence-corrected chi connectivity index (χ0v) is 10.5. The van der Waals surface area contributed by atoms with Crippen molar-refractivity contribution < 1.29 is 0 Å². The van der Waals surface area contributed by atoms with E-state index in [1.54, 1.807) is 20.2 Å². The lowest BCUT2D eigenvalue weighted by Crippen LogP contribution is -2.28. The molecule has 0 bridgehead atoms. The van der Waals surface area contributed by atoms with Gasteiger partial charge in [0.1, 0.15) is 12.1 Å². The van der Waals surface area contributed by atoms with Gasteiger partial charge in [-0.15, -0.1) is 0 Å². The van der Waals surface area contributed by atoms with Crippen LogP contribution in [0.5, 0.6) is 0 Å². The maximum absolute atomic E-state index is 11.6. The predicted molar refractivity (Wildman–Crippen MR) is 68.5 cm³/mol. The van der Waals surface area contributed by atoms with Crippen LogP contribution in [0.1, 0.15) is 5.56 Å². The van der Waals surface area contributed by atoms with E-state index >= 15 is 0 Å². The van der Waals surface area contributed by atoms with E-state index in [2.05, 4.69) is 20.3 Å². The van der Waals surface area contributed by atoms with Gasteiger partial charge in [-0.3, -0.25) is 9.13 Å². The molecule has 9 nitrogen and oxygen atoms in total. The van der Waals surface area contributed by atoms with Crippen molar-refractivity contribution in [3.05, 3.63) is 39.1 Å². The molecule has 0 aliphatic rings. The average Bonchev–Trinajstić information content (AvgIpc) is 2.36. The Morgan fingerprint density at radius 1 is 1.32 bits per heavy atom. The first-order valence-electron chi connectivity index (χ1n) is 5.44. The molecule has 2 aromatic rings. The van der Waals surface area contributed by atoms with Gasteiger partial charge in [0.05, 0.1) is 6.67 Å². The number of hydrogen-bond acceptors (Lipinski definition) is 7. The normalized spacial score (nSPS) is 10.4. The average molecular weight is 263 g/mol. The van der Waals surface area contributed by atoms with Crippen molar-refractivity contribution in [1.29, 1.82) is 0 Å². The van der Waals surface area contributed by atoms with E-state index in [0.717, 1.165) is 0 Å². The van der Waals surface area contributed by atoms with Crippen molar-refractivity contribution >= 4 is 11.8 Å². The number of rotatable bonds is 3. The van der Waals surface area contributed by atoms with E-state index in [1.165, 1.54) is 15.5 Å². The second kappa shape index (κ2) is 4.88. The zero-order valence-electron chi connectivity index (χ0n) is 10.5. The first-order valence-corrected chi connectivity index (χ1v) is 5.44. The molecule has 0 radical (unpaired) electrons. The molecule has 9 heteroatoms. The minimum Gasteiger partial charge on any atom is -0.383 e. The van der Waals surface area contributed by atoms with Crippen LogP contribution in [0.15, 0.2) is 22.1 Å². The van der Waals surface area contributed by atoms with Crippen LogP contribution in [0, 0.1) is 6.92 Å². The van der Waals surface area contributed by atoms with E-state index in [-0.39, 0.29) is 18.4 Å². The van der Waals surface area contributed by atoms with E-state index in [4.69, 9.17) is 5.73 Å². The van der Waals surface area contributed by atoms with Crippen LogP contribution in [0.4, 0.5) is 11.8 Å². The molecular formula is C10H13N7O2. The maximum Gasteiger partial charge on any atom is 0.351 e. The van der Waals surface area contributed by atoms with Crippen LogP contribution in [-0.4, -0.2) is 24.1 Å². The Hall–Kier alpha value is -2.71. The van der Waals surface area contributed by atoms with Crippen molar-refractivity contribution in [3.63, 3.8) is 0 Å². The molecule has 0 aliphatic heterocycles. The monoisotopic (exact) mass is 263 g/mol. The Morgan fingerprint density at radius 3 is 2.74 bits per heavy atom. The molecule has 100 valence electrons. The molecule has 3 N–H and O–H groups in total. The first kappa shape index (κ1) is 12.7. The number of nitrogens with zero attached hydrogens (tertiary/aromatic N) is 5. The summed E-state index contributed by atoms with van der Waals surface area (Å²) in [7, 11) is 1.55. The topological polar surface area (TPSA) is 121 Å². The van der Waals surface area contributed by atoms with Gasteiger partial charge in [0.25, 0.3) is 0 Å². The van der Waals surface area contributed by atoms with E-state index in [0.29, 0.717) is 5.56 Å². The van der Waals surface area contributed by atoms with Gasteiger partial charge >= 0.3 is 11.4 Å². The largest absolute Gasteiger partial charge is 0.383 e. The van der Waals surface area contributed by atoms with Crippen molar-refractivity contribution in [2.24, 2.45) is 7.05 Å². The Kier molecular flexibility index (Phi) is 3.27. The van der Waals surface area contributed by atoms with Crippen molar-refractivity contribution in [2.75, 3.05) is 11.1 Å². The summed E-state index contributed by atoms with van der Waals surface area (Å²) in [6, 6.07) is 0. The third kappa shape index (κ3) is 2.76. The van der Waals surface area contributed by atoms with Gasteiger partial charge < -0.3 is 11.1 Å². The van der Waals surface area contributed by atoms with Crippen LogP contribution in [0.3, 0.4) is 0 Å². The lowest BCUT2D eigenvalue weighted by Gasteiger charge is -2.08. The molecule has 0 aromatic carbocycles. The van der Waals surface area contributed by atoms with E-state index < -0.39 is 11.4 Å². The molecule has 0 amide bonds. The van der Waals surface area contributed by atoms with Gasteiger partial charge in [-0.1, -0.05) is 0 Å². The van der Waals surface area contributed by atoms with Crippen molar-refractivity contribution in [1.82, 2.24) is 24.1 Å². The molecule has 2 rings (SSSR count). The molecule has 2 heterocycles. The summed E-state index contributed by atoms with van der Waals surface area (Å²) in [5.41, 5.74) is 5.29. The second-order valence-electron chi connectivity index (χ2n) is 3.97. The summed E-state index contributed by atoms with van der Waals surface area (Å²) >= 11 is 0. The molecule has 0 unspecified atom stereocenters. The summed E-state index contributed by atoms with van der Waals surface area (Å²) in [5, 5.41) is 2.76. The SMILES string of the molecule is Cc1cn(CNc2ncn(C)c(=O)n2)c(=O)nc1N. The van der Waals surface area contributed by atoms with Crippen LogP contribution >= 0.6 is 0 Å². The highest BCUT2D eigenvalue weighted by atomic mass is 16.1. The summed E-state index contributed by atoms with van der Waals surface area (Å²) in [6.45, 7) is 1.84. The zero-order chi connectivity index (χ0) is 14.0. The highest BCUT2D eigenvalue weighted by molar-refractivity contribution is 5.35. The highest BCUT2D eigenvalue weighted by Crippen LogP contribution is 2.01. The Balaban J connectivity index is 2.19. The molecule has 0 aliphatic carbocycles. The standard InChI is InChI=1S/C10H13N7O2/c1-6-3-17(10(19)14-7(6)11)5-13-8-12-4-16(2)9(18)15-8/h3-4H,5H2,1-2H3,(H2,11,14,19)(H,13,15,18). The van der Waals surface area contributed by atoms with Gasteiger partial charge in [0, 0.05) is 18.8 Å². The number of nitrogens with two attached hydrogens (primary N) is 1. The summed E-state index contributed by atoms with van der Waals surface area (Å²) in [4.78, 5) is 34.1. The van der Waals surface area contributed by atoms with Crippen LogP contribution < -0.4 is 22.4 Å². The number of aryl methyl sites for hydroxylation is 2. The number of nitrogens with one attached hydrogen (secondary N) is 1. The minimum absolute atomic E-state index is 0.0973. The number of aromatic nitrogens is 5. The lowest BCUT2D eigenvalue weighted by molar-refractivity contribution is 0.691. The minimum atomic E-state index is -0.487. The summed E-state index contributed by atoms with van der Waals surface area (Å²) < 4.78 is 2.55.